The molecule has 3 nitrogen and oxygen atoms in total. The molecule has 0 spiro atoms. The number of hydrogen-bond acceptors (Lipinski definition) is 3. The van der Waals surface area contributed by atoms with Gasteiger partial charge in [0.15, 0.2) is 11.5 Å². The fourth-order valence-corrected chi connectivity index (χ4v) is 1.93. The fraction of sp³-hybridized carbons (Fsp3) is 0.571. The van der Waals surface area contributed by atoms with Crippen LogP contribution >= 0.6 is 0 Å². The summed E-state index contributed by atoms with van der Waals surface area (Å²) in [6.45, 7) is 11.5. The highest BCUT2D eigenvalue weighted by molar-refractivity contribution is 5.60. The van der Waals surface area contributed by atoms with E-state index in [2.05, 4.69) is 0 Å². The lowest BCUT2D eigenvalue weighted by atomic mass is 9.79. The predicted octanol–water partition coefficient (Wildman–Crippen LogP) is 3.40. The lowest BCUT2D eigenvalue weighted by molar-refractivity contribution is 0.365. The first-order chi connectivity index (χ1) is 7.46. The van der Waals surface area contributed by atoms with Crippen molar-refractivity contribution < 1.29 is 15.3 Å². The van der Waals surface area contributed by atoms with E-state index in [9.17, 15) is 15.3 Å². The van der Waals surface area contributed by atoms with Crippen molar-refractivity contribution >= 4 is 0 Å². The van der Waals surface area contributed by atoms with Crippen molar-refractivity contribution in [2.24, 2.45) is 0 Å². The Morgan fingerprint density at radius 2 is 1.24 bits per heavy atom. The lowest BCUT2D eigenvalue weighted by Gasteiger charge is -2.28. The van der Waals surface area contributed by atoms with Gasteiger partial charge in [-0.05, 0) is 16.9 Å². The van der Waals surface area contributed by atoms with Crippen molar-refractivity contribution in [3.05, 3.63) is 17.2 Å². The molecule has 0 aliphatic heterocycles. The highest BCUT2D eigenvalue weighted by Gasteiger charge is 2.30. The molecule has 0 aromatic heterocycles. The average Bonchev–Trinajstić information content (AvgIpc) is 2.07. The SMILES string of the molecule is CC(C)(C)c1cc(O)c(O)c(C(C)(C)C)c1O. The van der Waals surface area contributed by atoms with Gasteiger partial charge in [0.2, 0.25) is 0 Å². The first kappa shape index (κ1) is 13.7. The van der Waals surface area contributed by atoms with Gasteiger partial charge in [-0.15, -0.1) is 0 Å². The summed E-state index contributed by atoms with van der Waals surface area (Å²) < 4.78 is 0. The summed E-state index contributed by atoms with van der Waals surface area (Å²) in [6, 6.07) is 1.43. The van der Waals surface area contributed by atoms with Crippen molar-refractivity contribution in [2.45, 2.75) is 52.4 Å². The molecule has 0 bridgehead atoms. The largest absolute Gasteiger partial charge is 0.507 e. The second kappa shape index (κ2) is 3.83. The minimum absolute atomic E-state index is 0.0697. The fourth-order valence-electron chi connectivity index (χ4n) is 1.93. The topological polar surface area (TPSA) is 60.7 Å². The van der Waals surface area contributed by atoms with E-state index in [1.165, 1.54) is 6.07 Å². The molecule has 0 aliphatic carbocycles. The quantitative estimate of drug-likeness (QED) is 0.479. The van der Waals surface area contributed by atoms with Crippen molar-refractivity contribution in [3.8, 4) is 17.2 Å². The number of phenols is 3. The maximum Gasteiger partial charge on any atom is 0.164 e. The van der Waals surface area contributed by atoms with E-state index in [1.807, 2.05) is 41.5 Å². The third kappa shape index (κ3) is 2.48. The minimum atomic E-state index is -0.438. The van der Waals surface area contributed by atoms with Gasteiger partial charge in [0.25, 0.3) is 0 Å². The van der Waals surface area contributed by atoms with E-state index in [-0.39, 0.29) is 22.7 Å². The first-order valence-electron chi connectivity index (χ1n) is 5.75. The summed E-state index contributed by atoms with van der Waals surface area (Å²) in [6.07, 6.45) is 0. The molecule has 1 aromatic rings. The van der Waals surface area contributed by atoms with Crippen LogP contribution < -0.4 is 0 Å². The highest BCUT2D eigenvalue weighted by atomic mass is 16.3. The molecule has 0 radical (unpaired) electrons. The predicted molar refractivity (Wildman–Crippen MR) is 68.8 cm³/mol. The second-order valence-corrected chi connectivity index (χ2v) is 6.52. The third-order valence-electron chi connectivity index (χ3n) is 2.81. The Morgan fingerprint density at radius 1 is 0.765 bits per heavy atom. The van der Waals surface area contributed by atoms with Crippen LogP contribution in [0.4, 0.5) is 0 Å². The van der Waals surface area contributed by atoms with Crippen LogP contribution in [0.3, 0.4) is 0 Å². The smallest absolute Gasteiger partial charge is 0.164 e. The van der Waals surface area contributed by atoms with E-state index in [4.69, 9.17) is 0 Å². The number of rotatable bonds is 0. The molecule has 17 heavy (non-hydrogen) atoms. The van der Waals surface area contributed by atoms with Crippen LogP contribution in [0.2, 0.25) is 0 Å². The van der Waals surface area contributed by atoms with Crippen LogP contribution in [0.5, 0.6) is 17.2 Å². The molecule has 0 unspecified atom stereocenters. The normalized spacial score (nSPS) is 12.8. The van der Waals surface area contributed by atoms with E-state index >= 15 is 0 Å². The Hall–Kier alpha value is -1.38. The second-order valence-electron chi connectivity index (χ2n) is 6.52. The molecular weight excluding hydrogens is 216 g/mol. The Balaban J connectivity index is 3.67. The highest BCUT2D eigenvalue weighted by Crippen LogP contribution is 2.47. The Morgan fingerprint density at radius 3 is 1.59 bits per heavy atom. The lowest BCUT2D eigenvalue weighted by Crippen LogP contribution is -2.17. The van der Waals surface area contributed by atoms with Gasteiger partial charge in [-0.3, -0.25) is 0 Å². The Kier molecular flexibility index (Phi) is 3.08. The molecule has 0 atom stereocenters. The third-order valence-corrected chi connectivity index (χ3v) is 2.81. The molecular formula is C14H22O3. The van der Waals surface area contributed by atoms with Gasteiger partial charge in [-0.1, -0.05) is 41.5 Å². The zero-order chi connectivity index (χ0) is 13.6. The summed E-state index contributed by atoms with van der Waals surface area (Å²) in [7, 11) is 0. The number of aromatic hydroxyl groups is 3. The number of phenolic OH excluding ortho intramolecular Hbond substituents is 3. The molecule has 96 valence electrons. The van der Waals surface area contributed by atoms with Gasteiger partial charge in [0.05, 0.1) is 0 Å². The zero-order valence-electron chi connectivity index (χ0n) is 11.4. The summed E-state index contributed by atoms with van der Waals surface area (Å²) in [4.78, 5) is 0. The molecule has 0 aliphatic rings. The van der Waals surface area contributed by atoms with E-state index < -0.39 is 5.41 Å². The standard InChI is InChI=1S/C14H22O3/c1-13(2,3)8-7-9(15)12(17)10(11(8)16)14(4,5)6/h7,15-17H,1-6H3. The van der Waals surface area contributed by atoms with Crippen LogP contribution in [0.15, 0.2) is 6.07 Å². The van der Waals surface area contributed by atoms with Gasteiger partial charge in [0, 0.05) is 11.1 Å². The number of benzene rings is 1. The summed E-state index contributed by atoms with van der Waals surface area (Å²) in [5, 5.41) is 30.0. The molecule has 0 fully saturated rings. The van der Waals surface area contributed by atoms with Crippen molar-refractivity contribution in [1.29, 1.82) is 0 Å². The molecule has 1 aromatic carbocycles. The van der Waals surface area contributed by atoms with Crippen LogP contribution in [0.25, 0.3) is 0 Å². The van der Waals surface area contributed by atoms with Crippen LogP contribution in [0.1, 0.15) is 52.7 Å². The van der Waals surface area contributed by atoms with Crippen LogP contribution in [0, 0.1) is 0 Å². The summed E-state index contributed by atoms with van der Waals surface area (Å²) >= 11 is 0. The van der Waals surface area contributed by atoms with Crippen molar-refractivity contribution in [1.82, 2.24) is 0 Å². The minimum Gasteiger partial charge on any atom is -0.507 e. The maximum atomic E-state index is 10.3. The van der Waals surface area contributed by atoms with E-state index in [0.717, 1.165) is 0 Å². The number of hydrogen-bond donors (Lipinski definition) is 3. The van der Waals surface area contributed by atoms with E-state index in [0.29, 0.717) is 11.1 Å². The molecule has 3 heteroatoms. The first-order valence-corrected chi connectivity index (χ1v) is 5.75. The van der Waals surface area contributed by atoms with Crippen molar-refractivity contribution in [2.75, 3.05) is 0 Å². The molecule has 0 saturated carbocycles. The summed E-state index contributed by atoms with van der Waals surface area (Å²) in [5.74, 6) is -0.346. The monoisotopic (exact) mass is 238 g/mol. The molecule has 0 saturated heterocycles. The van der Waals surface area contributed by atoms with Gasteiger partial charge in [0.1, 0.15) is 5.75 Å². The van der Waals surface area contributed by atoms with E-state index in [1.54, 1.807) is 0 Å². The average molecular weight is 238 g/mol. The van der Waals surface area contributed by atoms with Gasteiger partial charge >= 0.3 is 0 Å². The maximum absolute atomic E-state index is 10.3. The molecule has 1 rings (SSSR count). The molecule has 3 N–H and O–H groups in total. The Bertz CT molecular complexity index is 434. The Labute approximate surface area is 103 Å². The van der Waals surface area contributed by atoms with Crippen LogP contribution in [-0.2, 0) is 10.8 Å². The molecule has 0 heterocycles. The van der Waals surface area contributed by atoms with Gasteiger partial charge in [-0.25, -0.2) is 0 Å². The van der Waals surface area contributed by atoms with Gasteiger partial charge in [-0.2, -0.15) is 0 Å². The van der Waals surface area contributed by atoms with Crippen molar-refractivity contribution in [3.63, 3.8) is 0 Å². The summed E-state index contributed by atoms with van der Waals surface area (Å²) in [5.41, 5.74) is 0.294. The zero-order valence-corrected chi connectivity index (χ0v) is 11.4. The molecule has 0 amide bonds. The van der Waals surface area contributed by atoms with Crippen LogP contribution in [-0.4, -0.2) is 15.3 Å². The van der Waals surface area contributed by atoms with Gasteiger partial charge < -0.3 is 15.3 Å².